The standard InChI is InChI=1S/C30H62N2/c1-6-7-8-9-10-11-12-13-14-15-16-17-18-19-20-21-22-23-24-25-26-27-30-28(2)31(4)29(3)32(30)5/h28-30H,6-27H2,1-5H3. The minimum absolute atomic E-state index is 0.602. The molecule has 0 N–H and O–H groups in total. The zero-order chi connectivity index (χ0) is 23.4. The zero-order valence-electron chi connectivity index (χ0n) is 23.2. The first-order valence-electron chi connectivity index (χ1n) is 15.0. The summed E-state index contributed by atoms with van der Waals surface area (Å²) in [6, 6.07) is 1.47. The van der Waals surface area contributed by atoms with Gasteiger partial charge in [0.05, 0.1) is 6.17 Å². The highest BCUT2D eigenvalue weighted by Crippen LogP contribution is 2.27. The first-order chi connectivity index (χ1) is 15.6. The van der Waals surface area contributed by atoms with Gasteiger partial charge < -0.3 is 0 Å². The van der Waals surface area contributed by atoms with Crippen molar-refractivity contribution in [3.63, 3.8) is 0 Å². The molecule has 0 aromatic carbocycles. The molecule has 1 heterocycles. The monoisotopic (exact) mass is 450 g/mol. The third kappa shape index (κ3) is 13.6. The quantitative estimate of drug-likeness (QED) is 0.151. The molecule has 0 saturated carbocycles. The van der Waals surface area contributed by atoms with Crippen molar-refractivity contribution in [2.45, 2.75) is 180 Å². The molecule has 32 heavy (non-hydrogen) atoms. The maximum absolute atomic E-state index is 2.58. The van der Waals surface area contributed by atoms with Gasteiger partial charge in [-0.1, -0.05) is 142 Å². The van der Waals surface area contributed by atoms with Crippen molar-refractivity contribution in [3.8, 4) is 0 Å². The van der Waals surface area contributed by atoms with E-state index in [0.717, 1.165) is 6.04 Å². The van der Waals surface area contributed by atoms with Crippen LogP contribution in [0.1, 0.15) is 162 Å². The van der Waals surface area contributed by atoms with E-state index in [1.165, 1.54) is 141 Å². The van der Waals surface area contributed by atoms with Crippen molar-refractivity contribution < 1.29 is 0 Å². The second-order valence-electron chi connectivity index (χ2n) is 11.1. The Bertz CT molecular complexity index is 382. The molecule has 1 fully saturated rings. The Morgan fingerprint density at radius 3 is 1.03 bits per heavy atom. The molecule has 2 nitrogen and oxygen atoms in total. The smallest absolute Gasteiger partial charge is 0.0594 e. The number of likely N-dealkylation sites (N-methyl/N-ethyl adjacent to an activating group) is 2. The molecular weight excluding hydrogens is 388 g/mol. The normalized spacial score (nSPS) is 22.2. The molecular formula is C30H62N2. The van der Waals surface area contributed by atoms with E-state index >= 15 is 0 Å². The number of hydrogen-bond donors (Lipinski definition) is 0. The summed E-state index contributed by atoms with van der Waals surface area (Å²) in [6.45, 7) is 7.05. The van der Waals surface area contributed by atoms with Crippen molar-refractivity contribution >= 4 is 0 Å². The van der Waals surface area contributed by atoms with Gasteiger partial charge in [-0.05, 0) is 34.4 Å². The fourth-order valence-corrected chi connectivity index (χ4v) is 5.75. The Hall–Kier alpha value is -0.0800. The summed E-state index contributed by atoms with van der Waals surface area (Å²) in [4.78, 5) is 5.11. The van der Waals surface area contributed by atoms with Gasteiger partial charge in [0, 0.05) is 12.1 Å². The average Bonchev–Trinajstić information content (AvgIpc) is 2.97. The lowest BCUT2D eigenvalue weighted by Crippen LogP contribution is -2.33. The summed E-state index contributed by atoms with van der Waals surface area (Å²) >= 11 is 0. The predicted octanol–water partition coefficient (Wildman–Crippen LogP) is 9.57. The number of rotatable bonds is 22. The molecule has 0 spiro atoms. The average molecular weight is 451 g/mol. The van der Waals surface area contributed by atoms with E-state index in [1.54, 1.807) is 0 Å². The minimum atomic E-state index is 0.602. The van der Waals surface area contributed by atoms with Gasteiger partial charge in [0.25, 0.3) is 0 Å². The van der Waals surface area contributed by atoms with Crippen LogP contribution in [0, 0.1) is 0 Å². The van der Waals surface area contributed by atoms with Crippen LogP contribution in [0.4, 0.5) is 0 Å². The van der Waals surface area contributed by atoms with Crippen LogP contribution in [0.15, 0.2) is 0 Å². The van der Waals surface area contributed by atoms with Gasteiger partial charge in [-0.25, -0.2) is 0 Å². The van der Waals surface area contributed by atoms with Crippen LogP contribution < -0.4 is 0 Å². The molecule has 1 aliphatic rings. The number of nitrogens with zero attached hydrogens (tertiary/aromatic N) is 2. The summed E-state index contributed by atoms with van der Waals surface area (Å²) < 4.78 is 0. The first-order valence-corrected chi connectivity index (χ1v) is 15.0. The van der Waals surface area contributed by atoms with Gasteiger partial charge in [-0.15, -0.1) is 0 Å². The topological polar surface area (TPSA) is 6.48 Å². The molecule has 3 atom stereocenters. The summed E-state index contributed by atoms with van der Waals surface area (Å²) in [6.07, 6.45) is 32.8. The number of unbranched alkanes of at least 4 members (excludes halogenated alkanes) is 20. The lowest BCUT2D eigenvalue weighted by molar-refractivity contribution is 0.180. The molecule has 1 saturated heterocycles. The van der Waals surface area contributed by atoms with E-state index in [2.05, 4.69) is 44.7 Å². The van der Waals surface area contributed by atoms with Crippen LogP contribution in [0.3, 0.4) is 0 Å². The predicted molar refractivity (Wildman–Crippen MR) is 145 cm³/mol. The summed E-state index contributed by atoms with van der Waals surface area (Å²) in [5.41, 5.74) is 0. The minimum Gasteiger partial charge on any atom is -0.287 e. The fraction of sp³-hybridized carbons (Fsp3) is 1.00. The Labute approximate surface area is 204 Å². The molecule has 0 aromatic rings. The van der Waals surface area contributed by atoms with Gasteiger partial charge in [0.1, 0.15) is 0 Å². The Balaban J connectivity index is 1.74. The first kappa shape index (κ1) is 30.0. The summed E-state index contributed by atoms with van der Waals surface area (Å²) in [5.74, 6) is 0. The van der Waals surface area contributed by atoms with Gasteiger partial charge in [-0.3, -0.25) is 9.80 Å². The van der Waals surface area contributed by atoms with Crippen molar-refractivity contribution in [1.29, 1.82) is 0 Å². The molecule has 0 aromatic heterocycles. The van der Waals surface area contributed by atoms with Crippen LogP contribution >= 0.6 is 0 Å². The molecule has 0 bridgehead atoms. The van der Waals surface area contributed by atoms with Crippen molar-refractivity contribution in [2.24, 2.45) is 0 Å². The Morgan fingerprint density at radius 1 is 0.438 bits per heavy atom. The van der Waals surface area contributed by atoms with E-state index in [-0.39, 0.29) is 0 Å². The Kier molecular flexibility index (Phi) is 19.0. The lowest BCUT2D eigenvalue weighted by atomic mass is 10.0. The molecule has 0 aliphatic carbocycles. The molecule has 0 radical (unpaired) electrons. The van der Waals surface area contributed by atoms with Crippen LogP contribution in [-0.4, -0.2) is 42.1 Å². The molecule has 3 unspecified atom stereocenters. The largest absolute Gasteiger partial charge is 0.287 e. The third-order valence-electron chi connectivity index (χ3n) is 8.50. The van der Waals surface area contributed by atoms with Crippen molar-refractivity contribution in [1.82, 2.24) is 9.80 Å². The summed E-state index contributed by atoms with van der Waals surface area (Å²) in [5, 5.41) is 0. The Morgan fingerprint density at radius 2 is 0.750 bits per heavy atom. The van der Waals surface area contributed by atoms with Gasteiger partial charge in [0.2, 0.25) is 0 Å². The molecule has 0 amide bonds. The van der Waals surface area contributed by atoms with Crippen LogP contribution in [0.5, 0.6) is 0 Å². The van der Waals surface area contributed by atoms with Crippen molar-refractivity contribution in [3.05, 3.63) is 0 Å². The maximum atomic E-state index is 2.58. The molecule has 1 rings (SSSR count). The van der Waals surface area contributed by atoms with E-state index in [4.69, 9.17) is 0 Å². The third-order valence-corrected chi connectivity index (χ3v) is 8.50. The van der Waals surface area contributed by atoms with E-state index in [0.29, 0.717) is 12.2 Å². The van der Waals surface area contributed by atoms with Crippen LogP contribution in [0.25, 0.3) is 0 Å². The molecule has 192 valence electrons. The van der Waals surface area contributed by atoms with E-state index in [9.17, 15) is 0 Å². The SMILES string of the molecule is CCCCCCCCCCCCCCCCCCCCCCCC1C(C)N(C)C(C)N1C. The second-order valence-corrected chi connectivity index (χ2v) is 11.1. The fourth-order valence-electron chi connectivity index (χ4n) is 5.75. The highest BCUT2D eigenvalue weighted by atomic mass is 15.4. The van der Waals surface area contributed by atoms with Gasteiger partial charge >= 0.3 is 0 Å². The van der Waals surface area contributed by atoms with E-state index in [1.807, 2.05) is 0 Å². The van der Waals surface area contributed by atoms with Gasteiger partial charge in [-0.2, -0.15) is 0 Å². The van der Waals surface area contributed by atoms with Crippen LogP contribution in [0.2, 0.25) is 0 Å². The van der Waals surface area contributed by atoms with Crippen LogP contribution in [-0.2, 0) is 0 Å². The second kappa shape index (κ2) is 20.3. The molecule has 1 aliphatic heterocycles. The van der Waals surface area contributed by atoms with E-state index < -0.39 is 0 Å². The molecule has 2 heteroatoms. The summed E-state index contributed by atoms with van der Waals surface area (Å²) in [7, 11) is 4.59. The highest BCUT2D eigenvalue weighted by molar-refractivity contribution is 4.91. The lowest BCUT2D eigenvalue weighted by Gasteiger charge is -2.23. The van der Waals surface area contributed by atoms with Gasteiger partial charge in [0.15, 0.2) is 0 Å². The highest BCUT2D eigenvalue weighted by Gasteiger charge is 2.37. The zero-order valence-corrected chi connectivity index (χ0v) is 23.2. The maximum Gasteiger partial charge on any atom is 0.0594 e. The van der Waals surface area contributed by atoms with Crippen molar-refractivity contribution in [2.75, 3.05) is 14.1 Å². The number of hydrogen-bond acceptors (Lipinski definition) is 2.